The molecule has 0 bridgehead atoms. The second-order valence-corrected chi connectivity index (χ2v) is 10.9. The van der Waals surface area contributed by atoms with Crippen molar-refractivity contribution in [2.24, 2.45) is 0 Å². The monoisotopic (exact) mass is 500 g/mol. The average Bonchev–Trinajstić information content (AvgIpc) is 3.33. The van der Waals surface area contributed by atoms with Gasteiger partial charge in [0.2, 0.25) is 5.91 Å². The molecule has 1 aliphatic heterocycles. The predicted octanol–water partition coefficient (Wildman–Crippen LogP) is 4.70. The lowest BCUT2D eigenvalue weighted by molar-refractivity contribution is -0.135. The van der Waals surface area contributed by atoms with E-state index in [1.54, 1.807) is 20.9 Å². The molecule has 1 aromatic carbocycles. The summed E-state index contributed by atoms with van der Waals surface area (Å²) in [5, 5.41) is 9.71. The largest absolute Gasteiger partial charge is 0.349 e. The van der Waals surface area contributed by atoms with Crippen molar-refractivity contribution in [3.05, 3.63) is 63.6 Å². The van der Waals surface area contributed by atoms with Crippen LogP contribution in [0.25, 0.3) is 10.6 Å². The topological polar surface area (TPSA) is 67.2 Å². The molecule has 0 fully saturated rings. The molecule has 6 nitrogen and oxygen atoms in total. The summed E-state index contributed by atoms with van der Waals surface area (Å²) in [5.74, 6) is -0.393. The number of rotatable bonds is 4. The molecule has 1 N–H and O–H groups in total. The van der Waals surface area contributed by atoms with Crippen LogP contribution in [0.3, 0.4) is 0 Å². The van der Waals surface area contributed by atoms with Gasteiger partial charge in [-0.2, -0.15) is 5.10 Å². The lowest BCUT2D eigenvalue weighted by atomic mass is 9.92. The molecule has 1 atom stereocenters. The third kappa shape index (κ3) is 4.32. The van der Waals surface area contributed by atoms with Gasteiger partial charge in [-0.15, -0.1) is 11.3 Å². The number of nitrogens with one attached hydrogen (secondary N) is 1. The molecule has 0 saturated carbocycles. The van der Waals surface area contributed by atoms with Gasteiger partial charge in [-0.1, -0.05) is 34.1 Å². The van der Waals surface area contributed by atoms with Crippen molar-refractivity contribution in [2.75, 3.05) is 0 Å². The van der Waals surface area contributed by atoms with Crippen molar-refractivity contribution in [1.29, 1.82) is 0 Å². The number of hydrogen-bond acceptors (Lipinski definition) is 4. The van der Waals surface area contributed by atoms with E-state index in [2.05, 4.69) is 26.3 Å². The zero-order valence-electron chi connectivity index (χ0n) is 18.0. The van der Waals surface area contributed by atoms with Gasteiger partial charge in [0.1, 0.15) is 16.9 Å². The number of carbonyl (C=O) groups is 2. The zero-order valence-corrected chi connectivity index (χ0v) is 20.4. The number of halogens is 1. The quantitative estimate of drug-likeness (QED) is 0.564. The van der Waals surface area contributed by atoms with Gasteiger partial charge in [-0.25, -0.2) is 0 Å². The standard InChI is InChI=1S/C23H25BrN4O2S/c1-22(2,3)25-21(30)23(4)14-28-18(12-17(26-28)19-9-6-10-31-19)20(29)27(23)13-15-7-5-8-16(24)11-15/h5-12H,13-14H2,1-4H3,(H,25,30). The third-order valence-corrected chi connectivity index (χ3v) is 6.66. The van der Waals surface area contributed by atoms with Crippen molar-refractivity contribution >= 4 is 39.1 Å². The lowest BCUT2D eigenvalue weighted by Crippen LogP contribution is -2.65. The highest BCUT2D eigenvalue weighted by atomic mass is 79.9. The Hall–Kier alpha value is -2.45. The van der Waals surface area contributed by atoms with E-state index in [9.17, 15) is 9.59 Å². The second kappa shape index (κ2) is 7.91. The van der Waals surface area contributed by atoms with Crippen LogP contribution in [0.5, 0.6) is 0 Å². The molecule has 1 aliphatic rings. The maximum absolute atomic E-state index is 13.7. The summed E-state index contributed by atoms with van der Waals surface area (Å²) in [5.41, 5.74) is 0.694. The van der Waals surface area contributed by atoms with Crippen LogP contribution in [0.4, 0.5) is 0 Å². The van der Waals surface area contributed by atoms with E-state index in [0.717, 1.165) is 20.6 Å². The number of aromatic nitrogens is 2. The molecule has 162 valence electrons. The summed E-state index contributed by atoms with van der Waals surface area (Å²) in [6.07, 6.45) is 0. The molecule has 0 radical (unpaired) electrons. The Morgan fingerprint density at radius 2 is 2.03 bits per heavy atom. The minimum Gasteiger partial charge on any atom is -0.349 e. The van der Waals surface area contributed by atoms with E-state index < -0.39 is 11.1 Å². The number of nitrogens with zero attached hydrogens (tertiary/aromatic N) is 3. The van der Waals surface area contributed by atoms with Gasteiger partial charge in [0, 0.05) is 16.6 Å². The van der Waals surface area contributed by atoms with Crippen LogP contribution in [-0.2, 0) is 17.9 Å². The molecular weight excluding hydrogens is 476 g/mol. The summed E-state index contributed by atoms with van der Waals surface area (Å²) < 4.78 is 2.61. The fraction of sp³-hybridized carbons (Fsp3) is 0.348. The maximum Gasteiger partial charge on any atom is 0.273 e. The van der Waals surface area contributed by atoms with Crippen LogP contribution >= 0.6 is 27.3 Å². The molecule has 8 heteroatoms. The number of thiophene rings is 1. The molecular formula is C23H25BrN4O2S. The molecule has 0 aliphatic carbocycles. The summed E-state index contributed by atoms with van der Waals surface area (Å²) in [4.78, 5) is 29.8. The highest BCUT2D eigenvalue weighted by molar-refractivity contribution is 9.10. The summed E-state index contributed by atoms with van der Waals surface area (Å²) in [7, 11) is 0. The van der Waals surface area contributed by atoms with E-state index in [-0.39, 0.29) is 18.4 Å². The van der Waals surface area contributed by atoms with Crippen molar-refractivity contribution in [2.45, 2.75) is 51.9 Å². The van der Waals surface area contributed by atoms with Crippen LogP contribution in [0.1, 0.15) is 43.7 Å². The molecule has 31 heavy (non-hydrogen) atoms. The van der Waals surface area contributed by atoms with Gasteiger partial charge in [0.25, 0.3) is 5.91 Å². The Bertz CT molecular complexity index is 1130. The van der Waals surface area contributed by atoms with Crippen LogP contribution in [0.15, 0.2) is 52.3 Å². The van der Waals surface area contributed by atoms with Gasteiger partial charge in [0.15, 0.2) is 0 Å². The molecule has 0 saturated heterocycles. The van der Waals surface area contributed by atoms with Crippen molar-refractivity contribution < 1.29 is 9.59 Å². The normalized spacial score (nSPS) is 18.7. The summed E-state index contributed by atoms with van der Waals surface area (Å²) in [6.45, 7) is 8.24. The number of carbonyl (C=O) groups excluding carboxylic acids is 2. The molecule has 0 spiro atoms. The minimum atomic E-state index is -1.08. The van der Waals surface area contributed by atoms with Crippen LogP contribution in [0, 0.1) is 0 Å². The van der Waals surface area contributed by atoms with Crippen molar-refractivity contribution in [1.82, 2.24) is 20.0 Å². The molecule has 3 aromatic rings. The predicted molar refractivity (Wildman–Crippen MR) is 126 cm³/mol. The Morgan fingerprint density at radius 3 is 2.68 bits per heavy atom. The number of fused-ring (bicyclic) bond motifs is 1. The first-order valence-corrected chi connectivity index (χ1v) is 11.7. The second-order valence-electron chi connectivity index (χ2n) is 9.05. The summed E-state index contributed by atoms with van der Waals surface area (Å²) >= 11 is 5.07. The summed E-state index contributed by atoms with van der Waals surface area (Å²) in [6, 6.07) is 13.6. The highest BCUT2D eigenvalue weighted by Crippen LogP contribution is 2.33. The first-order valence-electron chi connectivity index (χ1n) is 10.1. The molecule has 1 unspecified atom stereocenters. The average molecular weight is 501 g/mol. The van der Waals surface area contributed by atoms with Crippen LogP contribution in [-0.4, -0.2) is 37.6 Å². The Morgan fingerprint density at radius 1 is 1.26 bits per heavy atom. The third-order valence-electron chi connectivity index (χ3n) is 5.28. The first kappa shape index (κ1) is 21.8. The van der Waals surface area contributed by atoms with E-state index >= 15 is 0 Å². The molecule has 2 amide bonds. The Balaban J connectivity index is 1.77. The smallest absolute Gasteiger partial charge is 0.273 e. The highest BCUT2D eigenvalue weighted by Gasteiger charge is 2.48. The molecule has 3 heterocycles. The van der Waals surface area contributed by atoms with Gasteiger partial charge >= 0.3 is 0 Å². The first-order chi connectivity index (χ1) is 14.6. The number of amides is 2. The van der Waals surface area contributed by atoms with Gasteiger partial charge in [0.05, 0.1) is 11.4 Å². The van der Waals surface area contributed by atoms with E-state index in [4.69, 9.17) is 0 Å². The van der Waals surface area contributed by atoms with Gasteiger partial charge in [-0.3, -0.25) is 14.3 Å². The van der Waals surface area contributed by atoms with Crippen molar-refractivity contribution in [3.63, 3.8) is 0 Å². The molecule has 4 rings (SSSR count). The number of hydrogen-bond donors (Lipinski definition) is 1. The number of benzene rings is 1. The Kier molecular flexibility index (Phi) is 5.55. The van der Waals surface area contributed by atoms with Crippen LogP contribution in [0.2, 0.25) is 0 Å². The maximum atomic E-state index is 13.7. The van der Waals surface area contributed by atoms with Crippen LogP contribution < -0.4 is 5.32 Å². The van der Waals surface area contributed by atoms with E-state index in [1.807, 2.05) is 75.5 Å². The van der Waals surface area contributed by atoms with Gasteiger partial charge < -0.3 is 10.2 Å². The SMILES string of the molecule is CC(C)(C)NC(=O)C1(C)Cn2nc(-c3cccs3)cc2C(=O)N1Cc1cccc(Br)c1. The van der Waals surface area contributed by atoms with Gasteiger partial charge in [-0.05, 0) is 62.9 Å². The lowest BCUT2D eigenvalue weighted by Gasteiger charge is -2.44. The minimum absolute atomic E-state index is 0.192. The zero-order chi connectivity index (χ0) is 22.4. The van der Waals surface area contributed by atoms with E-state index in [1.165, 1.54) is 0 Å². The Labute approximate surface area is 194 Å². The fourth-order valence-corrected chi connectivity index (χ4v) is 4.86. The van der Waals surface area contributed by atoms with Crippen molar-refractivity contribution in [3.8, 4) is 10.6 Å². The molecule has 2 aromatic heterocycles. The fourth-order valence-electron chi connectivity index (χ4n) is 3.73. The van der Waals surface area contributed by atoms with E-state index in [0.29, 0.717) is 12.2 Å².